The van der Waals surface area contributed by atoms with Crippen molar-refractivity contribution in [1.29, 1.82) is 0 Å². The predicted octanol–water partition coefficient (Wildman–Crippen LogP) is 2.92. The summed E-state index contributed by atoms with van der Waals surface area (Å²) in [7, 11) is 0. The van der Waals surface area contributed by atoms with E-state index in [0.717, 1.165) is 22.5 Å². The molecule has 0 aliphatic carbocycles. The summed E-state index contributed by atoms with van der Waals surface area (Å²) in [4.78, 5) is 19.4. The molecular formula is C15H15FN2O2. The zero-order valence-corrected chi connectivity index (χ0v) is 11.4. The molecule has 0 spiro atoms. The molecule has 1 aromatic carbocycles. The highest BCUT2D eigenvalue weighted by atomic mass is 19.1. The van der Waals surface area contributed by atoms with Crippen LogP contribution in [-0.4, -0.2) is 21.0 Å². The summed E-state index contributed by atoms with van der Waals surface area (Å²) in [6, 6.07) is 5.98. The normalized spacial score (nSPS) is 10.6. The fourth-order valence-corrected chi connectivity index (χ4v) is 2.06. The van der Waals surface area contributed by atoms with E-state index in [1.165, 1.54) is 12.1 Å². The number of carboxylic acids is 1. The largest absolute Gasteiger partial charge is 0.481 e. The zero-order chi connectivity index (χ0) is 14.7. The molecule has 5 heteroatoms. The quantitative estimate of drug-likeness (QED) is 0.931. The number of nitrogens with zero attached hydrogens (tertiary/aromatic N) is 2. The van der Waals surface area contributed by atoms with Crippen LogP contribution in [0.2, 0.25) is 0 Å². The van der Waals surface area contributed by atoms with Crippen molar-refractivity contribution in [2.24, 2.45) is 0 Å². The number of carboxylic acid groups (broad SMARTS) is 1. The summed E-state index contributed by atoms with van der Waals surface area (Å²) in [5, 5.41) is 8.74. The molecule has 4 nitrogen and oxygen atoms in total. The molecule has 0 unspecified atom stereocenters. The number of benzene rings is 1. The Morgan fingerprint density at radius 1 is 1.15 bits per heavy atom. The predicted molar refractivity (Wildman–Crippen MR) is 72.9 cm³/mol. The Morgan fingerprint density at radius 2 is 1.70 bits per heavy atom. The van der Waals surface area contributed by atoms with E-state index in [4.69, 9.17) is 5.11 Å². The molecule has 0 radical (unpaired) electrons. The van der Waals surface area contributed by atoms with E-state index in [9.17, 15) is 9.18 Å². The van der Waals surface area contributed by atoms with Crippen molar-refractivity contribution in [2.45, 2.75) is 26.7 Å². The molecule has 0 saturated carbocycles. The van der Waals surface area contributed by atoms with Crippen LogP contribution >= 0.6 is 0 Å². The van der Waals surface area contributed by atoms with Gasteiger partial charge in [-0.25, -0.2) is 14.4 Å². The number of hydrogen-bond donors (Lipinski definition) is 1. The molecule has 1 heterocycles. The third-order valence-electron chi connectivity index (χ3n) is 3.11. The van der Waals surface area contributed by atoms with Gasteiger partial charge in [0.2, 0.25) is 0 Å². The lowest BCUT2D eigenvalue weighted by atomic mass is 10.1. The highest BCUT2D eigenvalue weighted by Gasteiger charge is 2.11. The molecule has 0 fully saturated rings. The molecule has 1 aromatic heterocycles. The van der Waals surface area contributed by atoms with Crippen molar-refractivity contribution < 1.29 is 14.3 Å². The van der Waals surface area contributed by atoms with E-state index < -0.39 is 5.97 Å². The lowest BCUT2D eigenvalue weighted by Crippen LogP contribution is -2.05. The molecule has 1 N–H and O–H groups in total. The molecule has 0 amide bonds. The van der Waals surface area contributed by atoms with Gasteiger partial charge in [0.15, 0.2) is 5.82 Å². The van der Waals surface area contributed by atoms with Gasteiger partial charge in [0.25, 0.3) is 0 Å². The molecule has 2 aromatic rings. The summed E-state index contributed by atoms with van der Waals surface area (Å²) in [6.45, 7) is 3.66. The number of hydrogen-bond acceptors (Lipinski definition) is 3. The number of rotatable bonds is 4. The van der Waals surface area contributed by atoms with Crippen LogP contribution in [0.15, 0.2) is 24.3 Å². The van der Waals surface area contributed by atoms with E-state index in [2.05, 4.69) is 9.97 Å². The van der Waals surface area contributed by atoms with E-state index in [-0.39, 0.29) is 12.2 Å². The number of halogens is 1. The molecule has 20 heavy (non-hydrogen) atoms. The Kier molecular flexibility index (Phi) is 4.08. The van der Waals surface area contributed by atoms with Crippen molar-refractivity contribution in [3.63, 3.8) is 0 Å². The van der Waals surface area contributed by atoms with Crippen molar-refractivity contribution in [2.75, 3.05) is 0 Å². The molecular weight excluding hydrogens is 259 g/mol. The van der Waals surface area contributed by atoms with Gasteiger partial charge in [0, 0.05) is 23.4 Å². The maximum atomic E-state index is 12.9. The van der Waals surface area contributed by atoms with Crippen LogP contribution in [0, 0.1) is 19.7 Å². The van der Waals surface area contributed by atoms with Gasteiger partial charge in [-0.2, -0.15) is 0 Å². The molecule has 0 saturated heterocycles. The standard InChI is InChI=1S/C15H15FN2O2/c1-9-13(7-8-14(19)20)10(2)18-15(17-9)11-3-5-12(16)6-4-11/h3-6H,7-8H2,1-2H3,(H,19,20). The van der Waals surface area contributed by atoms with Gasteiger partial charge >= 0.3 is 5.97 Å². The minimum atomic E-state index is -0.841. The van der Waals surface area contributed by atoms with Crippen molar-refractivity contribution in [3.8, 4) is 11.4 Å². The Bertz CT molecular complexity index is 616. The zero-order valence-electron chi connectivity index (χ0n) is 11.4. The number of aryl methyl sites for hydroxylation is 2. The molecule has 0 aliphatic rings. The summed E-state index contributed by atoms with van der Waals surface area (Å²) in [6.07, 6.45) is 0.470. The average Bonchev–Trinajstić information content (AvgIpc) is 2.38. The van der Waals surface area contributed by atoms with Crippen LogP contribution in [0.5, 0.6) is 0 Å². The molecule has 104 valence electrons. The smallest absolute Gasteiger partial charge is 0.303 e. The van der Waals surface area contributed by atoms with E-state index in [1.54, 1.807) is 12.1 Å². The lowest BCUT2D eigenvalue weighted by Gasteiger charge is -2.10. The highest BCUT2D eigenvalue weighted by Crippen LogP contribution is 2.20. The fraction of sp³-hybridized carbons (Fsp3) is 0.267. The second kappa shape index (κ2) is 5.77. The Labute approximate surface area is 116 Å². The summed E-state index contributed by atoms with van der Waals surface area (Å²) in [5.74, 6) is -0.620. The summed E-state index contributed by atoms with van der Waals surface area (Å²) >= 11 is 0. The number of aromatic nitrogens is 2. The van der Waals surface area contributed by atoms with Gasteiger partial charge in [-0.1, -0.05) is 0 Å². The van der Waals surface area contributed by atoms with Crippen LogP contribution in [-0.2, 0) is 11.2 Å². The van der Waals surface area contributed by atoms with Gasteiger partial charge in [-0.05, 0) is 50.1 Å². The summed E-state index contributed by atoms with van der Waals surface area (Å²) in [5.41, 5.74) is 3.12. The van der Waals surface area contributed by atoms with Gasteiger partial charge in [0.05, 0.1) is 0 Å². The van der Waals surface area contributed by atoms with Crippen LogP contribution in [0.3, 0.4) is 0 Å². The van der Waals surface area contributed by atoms with Gasteiger partial charge in [-0.15, -0.1) is 0 Å². The Hall–Kier alpha value is -2.30. The minimum absolute atomic E-state index is 0.0565. The highest BCUT2D eigenvalue weighted by molar-refractivity contribution is 5.67. The van der Waals surface area contributed by atoms with Crippen LogP contribution in [0.25, 0.3) is 11.4 Å². The second-order valence-electron chi connectivity index (χ2n) is 4.60. The monoisotopic (exact) mass is 274 g/mol. The average molecular weight is 274 g/mol. The van der Waals surface area contributed by atoms with Crippen molar-refractivity contribution in [3.05, 3.63) is 47.0 Å². The Morgan fingerprint density at radius 3 is 2.20 bits per heavy atom. The van der Waals surface area contributed by atoms with E-state index in [1.807, 2.05) is 13.8 Å². The first kappa shape index (κ1) is 14.1. The van der Waals surface area contributed by atoms with Crippen molar-refractivity contribution >= 4 is 5.97 Å². The van der Waals surface area contributed by atoms with Gasteiger partial charge < -0.3 is 5.11 Å². The van der Waals surface area contributed by atoms with E-state index in [0.29, 0.717) is 12.2 Å². The first-order valence-electron chi connectivity index (χ1n) is 6.29. The topological polar surface area (TPSA) is 63.1 Å². The molecule has 0 atom stereocenters. The Balaban J connectivity index is 2.34. The van der Waals surface area contributed by atoms with E-state index >= 15 is 0 Å². The molecule has 0 bridgehead atoms. The lowest BCUT2D eigenvalue weighted by molar-refractivity contribution is -0.136. The SMILES string of the molecule is Cc1nc(-c2ccc(F)cc2)nc(C)c1CCC(=O)O. The fourth-order valence-electron chi connectivity index (χ4n) is 2.06. The van der Waals surface area contributed by atoms with Gasteiger partial charge in [0.1, 0.15) is 5.82 Å². The molecule has 2 rings (SSSR count). The second-order valence-corrected chi connectivity index (χ2v) is 4.60. The van der Waals surface area contributed by atoms with Gasteiger partial charge in [-0.3, -0.25) is 4.79 Å². The first-order chi connectivity index (χ1) is 9.47. The minimum Gasteiger partial charge on any atom is -0.481 e. The summed E-state index contributed by atoms with van der Waals surface area (Å²) < 4.78 is 12.9. The maximum Gasteiger partial charge on any atom is 0.303 e. The van der Waals surface area contributed by atoms with Crippen LogP contribution < -0.4 is 0 Å². The van der Waals surface area contributed by atoms with Crippen molar-refractivity contribution in [1.82, 2.24) is 9.97 Å². The number of carbonyl (C=O) groups is 1. The number of aliphatic carboxylic acids is 1. The first-order valence-corrected chi connectivity index (χ1v) is 6.29. The third kappa shape index (κ3) is 3.17. The third-order valence-corrected chi connectivity index (χ3v) is 3.11. The maximum absolute atomic E-state index is 12.9. The molecule has 0 aliphatic heterocycles. The van der Waals surface area contributed by atoms with Crippen LogP contribution in [0.1, 0.15) is 23.4 Å². The van der Waals surface area contributed by atoms with Crippen LogP contribution in [0.4, 0.5) is 4.39 Å².